The van der Waals surface area contributed by atoms with E-state index in [2.05, 4.69) is 10.3 Å². The minimum Gasteiger partial charge on any atom is -0.318 e. The van der Waals surface area contributed by atoms with E-state index in [1.807, 2.05) is 49.0 Å². The van der Waals surface area contributed by atoms with Crippen molar-refractivity contribution < 1.29 is 0 Å². The van der Waals surface area contributed by atoms with Crippen LogP contribution in [0.5, 0.6) is 0 Å². The monoisotopic (exact) mass is 235 g/mol. The molecule has 1 heterocycles. The van der Waals surface area contributed by atoms with Crippen molar-refractivity contribution >= 4 is 11.6 Å². The first kappa shape index (κ1) is 11.2. The van der Waals surface area contributed by atoms with Crippen LogP contribution in [0.1, 0.15) is 5.69 Å². The number of imidazole rings is 1. The van der Waals surface area contributed by atoms with Crippen LogP contribution in [0.3, 0.4) is 0 Å². The van der Waals surface area contributed by atoms with Gasteiger partial charge >= 0.3 is 0 Å². The van der Waals surface area contributed by atoms with Crippen LogP contribution in [0, 0.1) is 0 Å². The lowest BCUT2D eigenvalue weighted by Crippen LogP contribution is -2.05. The van der Waals surface area contributed by atoms with Crippen LogP contribution in [-0.4, -0.2) is 16.6 Å². The van der Waals surface area contributed by atoms with Crippen LogP contribution in [-0.2, 0) is 13.6 Å². The Bertz CT molecular complexity index is 477. The molecule has 0 atom stereocenters. The average molecular weight is 236 g/mol. The molecule has 0 amide bonds. The van der Waals surface area contributed by atoms with Gasteiger partial charge in [0.15, 0.2) is 0 Å². The zero-order valence-electron chi connectivity index (χ0n) is 9.37. The quantitative estimate of drug-likeness (QED) is 0.886. The van der Waals surface area contributed by atoms with Gasteiger partial charge in [-0.2, -0.15) is 0 Å². The Morgan fingerprint density at radius 3 is 2.62 bits per heavy atom. The van der Waals surface area contributed by atoms with E-state index in [1.54, 1.807) is 0 Å². The summed E-state index contributed by atoms with van der Waals surface area (Å²) in [5, 5.41) is 3.74. The molecule has 0 aliphatic heterocycles. The van der Waals surface area contributed by atoms with Crippen molar-refractivity contribution in [3.05, 3.63) is 41.2 Å². The lowest BCUT2D eigenvalue weighted by atomic mass is 10.2. The molecule has 4 heteroatoms. The van der Waals surface area contributed by atoms with Gasteiger partial charge in [-0.05, 0) is 7.05 Å². The van der Waals surface area contributed by atoms with Crippen LogP contribution in [0.25, 0.3) is 11.4 Å². The maximum atomic E-state index is 6.20. The van der Waals surface area contributed by atoms with Gasteiger partial charge in [0.1, 0.15) is 11.0 Å². The lowest BCUT2D eigenvalue weighted by molar-refractivity contribution is 0.795. The van der Waals surface area contributed by atoms with Crippen molar-refractivity contribution in [1.82, 2.24) is 14.9 Å². The summed E-state index contributed by atoms with van der Waals surface area (Å²) in [5.41, 5.74) is 1.96. The molecule has 0 bridgehead atoms. The van der Waals surface area contributed by atoms with Gasteiger partial charge in [-0.1, -0.05) is 41.9 Å². The SMILES string of the molecule is CNCc1nc(-c2ccccc2)n(C)c1Cl. The molecule has 1 aromatic heterocycles. The number of hydrogen-bond donors (Lipinski definition) is 1. The summed E-state index contributed by atoms with van der Waals surface area (Å²) in [4.78, 5) is 4.54. The second-order valence-electron chi connectivity index (χ2n) is 3.63. The van der Waals surface area contributed by atoms with Gasteiger partial charge in [0.2, 0.25) is 0 Å². The van der Waals surface area contributed by atoms with Gasteiger partial charge in [-0.3, -0.25) is 0 Å². The number of benzene rings is 1. The van der Waals surface area contributed by atoms with E-state index in [1.165, 1.54) is 0 Å². The first-order valence-electron chi connectivity index (χ1n) is 5.15. The lowest BCUT2D eigenvalue weighted by Gasteiger charge is -2.01. The molecule has 2 rings (SSSR count). The molecular formula is C12H14ClN3. The van der Waals surface area contributed by atoms with Gasteiger partial charge in [0.05, 0.1) is 5.69 Å². The third kappa shape index (κ3) is 1.96. The van der Waals surface area contributed by atoms with Crippen molar-refractivity contribution in [2.45, 2.75) is 6.54 Å². The first-order chi connectivity index (χ1) is 7.74. The molecule has 2 aromatic rings. The summed E-state index contributed by atoms with van der Waals surface area (Å²) in [6.07, 6.45) is 0. The molecule has 0 saturated carbocycles. The fourth-order valence-corrected chi connectivity index (χ4v) is 1.85. The van der Waals surface area contributed by atoms with Crippen molar-refractivity contribution in [3.63, 3.8) is 0 Å². The third-order valence-corrected chi connectivity index (χ3v) is 2.94. The Labute approximate surface area is 100 Å². The normalized spacial score (nSPS) is 10.7. The summed E-state index contributed by atoms with van der Waals surface area (Å²) in [6, 6.07) is 10.0. The molecule has 0 fully saturated rings. The van der Waals surface area contributed by atoms with Gasteiger partial charge in [0.25, 0.3) is 0 Å². The van der Waals surface area contributed by atoms with Crippen molar-refractivity contribution in [2.24, 2.45) is 7.05 Å². The van der Waals surface area contributed by atoms with E-state index in [0.717, 1.165) is 17.1 Å². The number of halogens is 1. The second kappa shape index (κ2) is 4.68. The highest BCUT2D eigenvalue weighted by Gasteiger charge is 2.12. The second-order valence-corrected chi connectivity index (χ2v) is 3.99. The predicted octanol–water partition coefficient (Wildman–Crippen LogP) is 2.46. The van der Waals surface area contributed by atoms with Crippen molar-refractivity contribution in [1.29, 1.82) is 0 Å². The molecule has 16 heavy (non-hydrogen) atoms. The van der Waals surface area contributed by atoms with Crippen LogP contribution >= 0.6 is 11.6 Å². The van der Waals surface area contributed by atoms with Gasteiger partial charge in [0, 0.05) is 19.2 Å². The van der Waals surface area contributed by atoms with E-state index < -0.39 is 0 Å². The van der Waals surface area contributed by atoms with Gasteiger partial charge in [-0.15, -0.1) is 0 Å². The topological polar surface area (TPSA) is 29.9 Å². The van der Waals surface area contributed by atoms with Crippen molar-refractivity contribution in [2.75, 3.05) is 7.05 Å². The minimum absolute atomic E-state index is 0.680. The smallest absolute Gasteiger partial charge is 0.141 e. The molecule has 1 aromatic carbocycles. The molecule has 0 aliphatic carbocycles. The number of rotatable bonds is 3. The highest BCUT2D eigenvalue weighted by Crippen LogP contribution is 2.24. The largest absolute Gasteiger partial charge is 0.318 e. The summed E-state index contributed by atoms with van der Waals surface area (Å²) >= 11 is 6.20. The fourth-order valence-electron chi connectivity index (χ4n) is 1.66. The fraction of sp³-hybridized carbons (Fsp3) is 0.250. The number of hydrogen-bond acceptors (Lipinski definition) is 2. The summed E-state index contributed by atoms with van der Waals surface area (Å²) in [7, 11) is 3.81. The zero-order valence-corrected chi connectivity index (χ0v) is 10.1. The average Bonchev–Trinajstić information content (AvgIpc) is 2.59. The van der Waals surface area contributed by atoms with Crippen LogP contribution in [0.2, 0.25) is 5.15 Å². The Morgan fingerprint density at radius 1 is 1.31 bits per heavy atom. The maximum Gasteiger partial charge on any atom is 0.141 e. The maximum absolute atomic E-state index is 6.20. The standard InChI is InChI=1S/C12H14ClN3/c1-14-8-10-11(13)16(2)12(15-10)9-6-4-3-5-7-9/h3-7,14H,8H2,1-2H3. The zero-order chi connectivity index (χ0) is 11.5. The van der Waals surface area contributed by atoms with Crippen molar-refractivity contribution in [3.8, 4) is 11.4 Å². The summed E-state index contributed by atoms with van der Waals surface area (Å²) < 4.78 is 1.91. The van der Waals surface area contributed by atoms with Crippen LogP contribution < -0.4 is 5.32 Å². The molecule has 84 valence electrons. The highest BCUT2D eigenvalue weighted by atomic mass is 35.5. The Hall–Kier alpha value is -1.32. The molecule has 1 N–H and O–H groups in total. The first-order valence-corrected chi connectivity index (χ1v) is 5.53. The number of nitrogens with zero attached hydrogens (tertiary/aromatic N) is 2. The summed E-state index contributed by atoms with van der Waals surface area (Å²) in [6.45, 7) is 0.680. The molecule has 0 aliphatic rings. The molecule has 0 unspecified atom stereocenters. The van der Waals surface area contributed by atoms with E-state index in [0.29, 0.717) is 11.7 Å². The van der Waals surface area contributed by atoms with Crippen LogP contribution in [0.15, 0.2) is 30.3 Å². The van der Waals surface area contributed by atoms with Crippen LogP contribution in [0.4, 0.5) is 0 Å². The van der Waals surface area contributed by atoms with E-state index in [-0.39, 0.29) is 0 Å². The third-order valence-electron chi connectivity index (χ3n) is 2.47. The Morgan fingerprint density at radius 2 is 2.00 bits per heavy atom. The minimum atomic E-state index is 0.680. The Kier molecular flexibility index (Phi) is 3.27. The summed E-state index contributed by atoms with van der Waals surface area (Å²) in [5.74, 6) is 0.899. The molecular weight excluding hydrogens is 222 g/mol. The molecule has 0 saturated heterocycles. The molecule has 0 radical (unpaired) electrons. The number of aromatic nitrogens is 2. The number of nitrogens with one attached hydrogen (secondary N) is 1. The van der Waals surface area contributed by atoms with E-state index >= 15 is 0 Å². The van der Waals surface area contributed by atoms with Gasteiger partial charge in [-0.25, -0.2) is 4.98 Å². The van der Waals surface area contributed by atoms with E-state index in [9.17, 15) is 0 Å². The predicted molar refractivity (Wildman–Crippen MR) is 66.4 cm³/mol. The molecule has 3 nitrogen and oxygen atoms in total. The Balaban J connectivity index is 2.46. The molecule has 0 spiro atoms. The van der Waals surface area contributed by atoms with E-state index in [4.69, 9.17) is 11.6 Å². The highest BCUT2D eigenvalue weighted by molar-refractivity contribution is 6.30. The van der Waals surface area contributed by atoms with Gasteiger partial charge < -0.3 is 9.88 Å².